The number of nitrogens with zero attached hydrogens (tertiary/aromatic N) is 2. The molecule has 0 unspecified atom stereocenters. The molecule has 4 nitrogen and oxygen atoms in total. The molecule has 98 valence electrons. The number of rotatable bonds is 4. The smallest absolute Gasteiger partial charge is 0.263 e. The normalized spacial score (nSPS) is 15.1. The Morgan fingerprint density at radius 3 is 2.63 bits per heavy atom. The molecule has 1 heterocycles. The summed E-state index contributed by atoms with van der Waals surface area (Å²) in [5, 5.41) is 11.8. The van der Waals surface area contributed by atoms with Gasteiger partial charge in [-0.3, -0.25) is 4.79 Å². The molecule has 1 aromatic carbocycles. The van der Waals surface area contributed by atoms with Gasteiger partial charge in [-0.1, -0.05) is 30.3 Å². The number of benzene rings is 1. The van der Waals surface area contributed by atoms with E-state index in [0.29, 0.717) is 6.54 Å². The summed E-state index contributed by atoms with van der Waals surface area (Å²) in [6, 6.07) is 11.6. The number of hydrogen-bond donors (Lipinski definition) is 1. The van der Waals surface area contributed by atoms with Crippen molar-refractivity contribution in [2.45, 2.75) is 19.4 Å². The SMILES string of the molecule is N#C/C(=C/N1CCCC1)C(=O)NCc1ccccc1. The third-order valence-electron chi connectivity index (χ3n) is 3.11. The molecule has 0 aliphatic carbocycles. The van der Waals surface area contributed by atoms with E-state index < -0.39 is 0 Å². The zero-order chi connectivity index (χ0) is 13.5. The molecular weight excluding hydrogens is 238 g/mol. The van der Waals surface area contributed by atoms with E-state index in [-0.39, 0.29) is 11.5 Å². The topological polar surface area (TPSA) is 56.1 Å². The van der Waals surface area contributed by atoms with Crippen LogP contribution in [0.15, 0.2) is 42.1 Å². The van der Waals surface area contributed by atoms with Crippen molar-refractivity contribution in [1.82, 2.24) is 10.2 Å². The highest BCUT2D eigenvalue weighted by Crippen LogP contribution is 2.09. The van der Waals surface area contributed by atoms with Crippen molar-refractivity contribution in [3.8, 4) is 6.07 Å². The first kappa shape index (κ1) is 13.2. The summed E-state index contributed by atoms with van der Waals surface area (Å²) >= 11 is 0. The number of amides is 1. The minimum Gasteiger partial charge on any atom is -0.376 e. The van der Waals surface area contributed by atoms with Crippen LogP contribution in [-0.2, 0) is 11.3 Å². The second kappa shape index (κ2) is 6.60. The van der Waals surface area contributed by atoms with Crippen LogP contribution in [0.2, 0.25) is 0 Å². The van der Waals surface area contributed by atoms with E-state index in [1.54, 1.807) is 6.20 Å². The van der Waals surface area contributed by atoms with Crippen LogP contribution in [0.3, 0.4) is 0 Å². The molecule has 1 fully saturated rings. The third-order valence-corrected chi connectivity index (χ3v) is 3.11. The highest BCUT2D eigenvalue weighted by Gasteiger charge is 2.13. The fourth-order valence-electron chi connectivity index (χ4n) is 2.06. The molecule has 0 radical (unpaired) electrons. The Kier molecular flexibility index (Phi) is 4.57. The highest BCUT2D eigenvalue weighted by molar-refractivity contribution is 5.97. The summed E-state index contributed by atoms with van der Waals surface area (Å²) in [6.45, 7) is 2.30. The van der Waals surface area contributed by atoms with Gasteiger partial charge >= 0.3 is 0 Å². The summed E-state index contributed by atoms with van der Waals surface area (Å²) in [5.74, 6) is -0.307. The third kappa shape index (κ3) is 3.85. The quantitative estimate of drug-likeness (QED) is 0.659. The maximum absolute atomic E-state index is 11.9. The minimum absolute atomic E-state index is 0.179. The van der Waals surface area contributed by atoms with Crippen molar-refractivity contribution in [1.29, 1.82) is 5.26 Å². The lowest BCUT2D eigenvalue weighted by atomic mass is 10.2. The second-order valence-corrected chi connectivity index (χ2v) is 4.57. The maximum Gasteiger partial charge on any atom is 0.263 e. The number of carbonyl (C=O) groups is 1. The van der Waals surface area contributed by atoms with E-state index >= 15 is 0 Å². The van der Waals surface area contributed by atoms with E-state index in [4.69, 9.17) is 5.26 Å². The Balaban J connectivity index is 1.92. The Hall–Kier alpha value is -2.28. The van der Waals surface area contributed by atoms with Crippen molar-refractivity contribution in [2.75, 3.05) is 13.1 Å². The van der Waals surface area contributed by atoms with E-state index in [9.17, 15) is 4.79 Å². The molecule has 0 saturated carbocycles. The molecular formula is C15H17N3O. The lowest BCUT2D eigenvalue weighted by Gasteiger charge is -2.12. The van der Waals surface area contributed by atoms with Gasteiger partial charge in [0.1, 0.15) is 11.6 Å². The average molecular weight is 255 g/mol. The van der Waals surface area contributed by atoms with Gasteiger partial charge < -0.3 is 10.2 Å². The van der Waals surface area contributed by atoms with Crippen LogP contribution in [-0.4, -0.2) is 23.9 Å². The monoisotopic (exact) mass is 255 g/mol. The number of hydrogen-bond acceptors (Lipinski definition) is 3. The van der Waals surface area contributed by atoms with Crippen LogP contribution in [0.5, 0.6) is 0 Å². The molecule has 1 aliphatic rings. The number of carbonyl (C=O) groups excluding carboxylic acids is 1. The number of nitriles is 1. The van der Waals surface area contributed by atoms with Gasteiger partial charge in [0.15, 0.2) is 0 Å². The van der Waals surface area contributed by atoms with Crippen LogP contribution in [0, 0.1) is 11.3 Å². The fourth-order valence-corrected chi connectivity index (χ4v) is 2.06. The number of likely N-dealkylation sites (tertiary alicyclic amines) is 1. The molecule has 0 atom stereocenters. The Morgan fingerprint density at radius 1 is 1.32 bits per heavy atom. The molecule has 0 spiro atoms. The molecule has 4 heteroatoms. The zero-order valence-electron chi connectivity index (χ0n) is 10.8. The molecule has 0 aromatic heterocycles. The van der Waals surface area contributed by atoms with Gasteiger partial charge in [-0.2, -0.15) is 5.26 Å². The van der Waals surface area contributed by atoms with Crippen LogP contribution in [0.1, 0.15) is 18.4 Å². The van der Waals surface area contributed by atoms with Crippen molar-refractivity contribution < 1.29 is 4.79 Å². The first-order valence-corrected chi connectivity index (χ1v) is 6.47. The second-order valence-electron chi connectivity index (χ2n) is 4.57. The molecule has 1 aliphatic heterocycles. The molecule has 1 aromatic rings. The van der Waals surface area contributed by atoms with E-state index in [1.807, 2.05) is 41.3 Å². The van der Waals surface area contributed by atoms with Crippen LogP contribution in [0.25, 0.3) is 0 Å². The van der Waals surface area contributed by atoms with Gasteiger partial charge in [0.05, 0.1) is 0 Å². The summed E-state index contributed by atoms with van der Waals surface area (Å²) in [6.07, 6.45) is 3.93. The standard InChI is InChI=1S/C15H17N3O/c16-10-14(12-18-8-4-5-9-18)15(19)17-11-13-6-2-1-3-7-13/h1-3,6-7,12H,4-5,8-9,11H2,(H,17,19)/b14-12-. The van der Waals surface area contributed by atoms with Crippen molar-refractivity contribution in [3.63, 3.8) is 0 Å². The summed E-state index contributed by atoms with van der Waals surface area (Å²) < 4.78 is 0. The fraction of sp³-hybridized carbons (Fsp3) is 0.333. The lowest BCUT2D eigenvalue weighted by molar-refractivity contribution is -0.117. The largest absolute Gasteiger partial charge is 0.376 e. The Bertz CT molecular complexity index is 496. The zero-order valence-corrected chi connectivity index (χ0v) is 10.8. The van der Waals surface area contributed by atoms with Gasteiger partial charge in [0, 0.05) is 25.8 Å². The van der Waals surface area contributed by atoms with Gasteiger partial charge in [-0.25, -0.2) is 0 Å². The van der Waals surface area contributed by atoms with Crippen molar-refractivity contribution >= 4 is 5.91 Å². The van der Waals surface area contributed by atoms with Gasteiger partial charge in [-0.15, -0.1) is 0 Å². The summed E-state index contributed by atoms with van der Waals surface area (Å²) in [5.41, 5.74) is 1.20. The van der Waals surface area contributed by atoms with Crippen molar-refractivity contribution in [3.05, 3.63) is 47.7 Å². The molecule has 1 amide bonds. The molecule has 1 N–H and O–H groups in total. The van der Waals surface area contributed by atoms with Crippen LogP contribution >= 0.6 is 0 Å². The number of nitrogens with one attached hydrogen (secondary N) is 1. The van der Waals surface area contributed by atoms with E-state index in [0.717, 1.165) is 31.5 Å². The molecule has 1 saturated heterocycles. The average Bonchev–Trinajstić information content (AvgIpc) is 2.96. The molecule has 0 bridgehead atoms. The first-order chi connectivity index (χ1) is 9.29. The van der Waals surface area contributed by atoms with E-state index in [2.05, 4.69) is 5.32 Å². The summed E-state index contributed by atoms with van der Waals surface area (Å²) in [4.78, 5) is 13.9. The predicted molar refractivity (Wildman–Crippen MR) is 72.8 cm³/mol. The first-order valence-electron chi connectivity index (χ1n) is 6.47. The Labute approximate surface area is 113 Å². The van der Waals surface area contributed by atoms with Crippen LogP contribution < -0.4 is 5.32 Å². The molecule has 19 heavy (non-hydrogen) atoms. The Morgan fingerprint density at radius 2 is 2.00 bits per heavy atom. The lowest BCUT2D eigenvalue weighted by Crippen LogP contribution is -2.25. The predicted octanol–water partition coefficient (Wildman–Crippen LogP) is 1.81. The van der Waals surface area contributed by atoms with Gasteiger partial charge in [0.2, 0.25) is 0 Å². The molecule has 2 rings (SSSR count). The van der Waals surface area contributed by atoms with E-state index in [1.165, 1.54) is 0 Å². The minimum atomic E-state index is -0.307. The summed E-state index contributed by atoms with van der Waals surface area (Å²) in [7, 11) is 0. The van der Waals surface area contributed by atoms with Crippen molar-refractivity contribution in [2.24, 2.45) is 0 Å². The maximum atomic E-state index is 11.9. The van der Waals surface area contributed by atoms with Gasteiger partial charge in [-0.05, 0) is 18.4 Å². The van der Waals surface area contributed by atoms with Gasteiger partial charge in [0.25, 0.3) is 5.91 Å². The van der Waals surface area contributed by atoms with Crippen LogP contribution in [0.4, 0.5) is 0 Å². The highest BCUT2D eigenvalue weighted by atomic mass is 16.1.